The first kappa shape index (κ1) is 19.4. The third-order valence-corrected chi connectivity index (χ3v) is 4.92. The summed E-state index contributed by atoms with van der Waals surface area (Å²) in [5.74, 6) is -0.252. The molecule has 2 fully saturated rings. The van der Waals surface area contributed by atoms with Crippen molar-refractivity contribution in [1.29, 1.82) is 0 Å². The van der Waals surface area contributed by atoms with E-state index in [-0.39, 0.29) is 24.3 Å². The van der Waals surface area contributed by atoms with Crippen LogP contribution in [0, 0.1) is 13.8 Å². The number of carbonyl (C=O) groups excluding carboxylic acids is 3. The molecule has 2 N–H and O–H groups in total. The Bertz CT molecular complexity index is 702. The van der Waals surface area contributed by atoms with Crippen LogP contribution in [-0.4, -0.2) is 72.8 Å². The van der Waals surface area contributed by atoms with Crippen molar-refractivity contribution in [3.63, 3.8) is 0 Å². The molecule has 0 spiro atoms. The molecule has 0 bridgehead atoms. The van der Waals surface area contributed by atoms with Crippen LogP contribution in [0.15, 0.2) is 18.2 Å². The van der Waals surface area contributed by atoms with E-state index in [0.29, 0.717) is 44.3 Å². The van der Waals surface area contributed by atoms with Crippen LogP contribution in [-0.2, 0) is 9.59 Å². The van der Waals surface area contributed by atoms with Gasteiger partial charge >= 0.3 is 0 Å². The van der Waals surface area contributed by atoms with Crippen LogP contribution in [0.4, 0.5) is 0 Å². The second-order valence-electron chi connectivity index (χ2n) is 7.56. The fourth-order valence-corrected chi connectivity index (χ4v) is 3.33. The van der Waals surface area contributed by atoms with E-state index in [9.17, 15) is 14.4 Å². The van der Waals surface area contributed by atoms with Crippen LogP contribution in [0.1, 0.15) is 34.3 Å². The predicted octanol–water partition coefficient (Wildman–Crippen LogP) is 0.456. The van der Waals surface area contributed by atoms with Gasteiger partial charge in [0.25, 0.3) is 5.91 Å². The normalized spacial score (nSPS) is 17.5. The topological polar surface area (TPSA) is 81.8 Å². The molecule has 0 atom stereocenters. The lowest BCUT2D eigenvalue weighted by Crippen LogP contribution is -2.53. The Morgan fingerprint density at radius 2 is 1.63 bits per heavy atom. The summed E-state index contributed by atoms with van der Waals surface area (Å²) in [6.07, 6.45) is 2.17. The zero-order chi connectivity index (χ0) is 19.4. The third kappa shape index (κ3) is 5.79. The Morgan fingerprint density at radius 3 is 2.22 bits per heavy atom. The number of piperazine rings is 1. The maximum atomic E-state index is 12.4. The highest BCUT2D eigenvalue weighted by molar-refractivity contribution is 5.96. The molecule has 1 aromatic carbocycles. The van der Waals surface area contributed by atoms with E-state index < -0.39 is 0 Å². The van der Waals surface area contributed by atoms with Crippen LogP contribution in [0.3, 0.4) is 0 Å². The van der Waals surface area contributed by atoms with E-state index in [1.165, 1.54) is 0 Å². The molecule has 27 heavy (non-hydrogen) atoms. The number of amides is 3. The van der Waals surface area contributed by atoms with Crippen LogP contribution in [0.25, 0.3) is 0 Å². The SMILES string of the molecule is Cc1cc(C)cc(C(=O)NCC(=O)N2CCN(CC(=O)NC3CC3)CC2)c1. The molecule has 7 nitrogen and oxygen atoms in total. The van der Waals surface area contributed by atoms with Gasteiger partial charge < -0.3 is 15.5 Å². The molecule has 0 aromatic heterocycles. The van der Waals surface area contributed by atoms with E-state index in [1.54, 1.807) is 4.90 Å². The van der Waals surface area contributed by atoms with Gasteiger partial charge in [-0.15, -0.1) is 0 Å². The zero-order valence-electron chi connectivity index (χ0n) is 16.1. The summed E-state index contributed by atoms with van der Waals surface area (Å²) in [5, 5.41) is 5.70. The van der Waals surface area contributed by atoms with Gasteiger partial charge in [-0.05, 0) is 38.8 Å². The van der Waals surface area contributed by atoms with Crippen molar-refractivity contribution in [2.75, 3.05) is 39.3 Å². The van der Waals surface area contributed by atoms with Gasteiger partial charge in [0.05, 0.1) is 13.1 Å². The molecule has 1 heterocycles. The van der Waals surface area contributed by atoms with Crippen LogP contribution in [0.2, 0.25) is 0 Å². The lowest BCUT2D eigenvalue weighted by molar-refractivity contribution is -0.132. The number of rotatable bonds is 6. The highest BCUT2D eigenvalue weighted by Crippen LogP contribution is 2.18. The number of hydrogen-bond acceptors (Lipinski definition) is 4. The zero-order valence-corrected chi connectivity index (χ0v) is 16.1. The molecule has 3 amide bonds. The largest absolute Gasteiger partial charge is 0.352 e. The Hall–Kier alpha value is -2.41. The molecule has 0 radical (unpaired) electrons. The van der Waals surface area contributed by atoms with Crippen molar-refractivity contribution >= 4 is 17.7 Å². The quantitative estimate of drug-likeness (QED) is 0.760. The number of carbonyl (C=O) groups is 3. The monoisotopic (exact) mass is 372 g/mol. The van der Waals surface area contributed by atoms with Gasteiger partial charge in [-0.1, -0.05) is 17.2 Å². The Kier molecular flexibility index (Phi) is 6.11. The van der Waals surface area contributed by atoms with E-state index in [2.05, 4.69) is 15.5 Å². The minimum atomic E-state index is -0.231. The molecule has 1 saturated heterocycles. The van der Waals surface area contributed by atoms with E-state index in [1.807, 2.05) is 32.0 Å². The summed E-state index contributed by atoms with van der Waals surface area (Å²) >= 11 is 0. The minimum Gasteiger partial charge on any atom is -0.352 e. The predicted molar refractivity (Wildman–Crippen MR) is 102 cm³/mol. The molecular formula is C20H28N4O3. The van der Waals surface area contributed by atoms with Crippen molar-refractivity contribution in [2.45, 2.75) is 32.7 Å². The van der Waals surface area contributed by atoms with Gasteiger partial charge in [0.2, 0.25) is 11.8 Å². The van der Waals surface area contributed by atoms with Gasteiger partial charge in [-0.25, -0.2) is 0 Å². The number of nitrogens with one attached hydrogen (secondary N) is 2. The van der Waals surface area contributed by atoms with Crippen molar-refractivity contribution in [3.05, 3.63) is 34.9 Å². The molecule has 1 saturated carbocycles. The summed E-state index contributed by atoms with van der Waals surface area (Å²) in [6, 6.07) is 6.02. The van der Waals surface area contributed by atoms with Gasteiger partial charge in [-0.2, -0.15) is 0 Å². The Labute approximate surface area is 160 Å². The number of aryl methyl sites for hydroxylation is 2. The average molecular weight is 372 g/mol. The van der Waals surface area contributed by atoms with Crippen LogP contribution in [0.5, 0.6) is 0 Å². The first-order valence-electron chi connectivity index (χ1n) is 9.57. The second kappa shape index (κ2) is 8.52. The highest BCUT2D eigenvalue weighted by atomic mass is 16.2. The van der Waals surface area contributed by atoms with Crippen molar-refractivity contribution < 1.29 is 14.4 Å². The van der Waals surface area contributed by atoms with E-state index in [0.717, 1.165) is 24.0 Å². The standard InChI is InChI=1S/C20H28N4O3/c1-14-9-15(2)11-16(10-14)20(27)21-12-19(26)24-7-5-23(6-8-24)13-18(25)22-17-3-4-17/h9-11,17H,3-8,12-13H2,1-2H3,(H,21,27)(H,22,25). The summed E-state index contributed by atoms with van der Waals surface area (Å²) in [6.45, 7) is 6.78. The summed E-state index contributed by atoms with van der Waals surface area (Å²) < 4.78 is 0. The molecule has 1 aliphatic carbocycles. The Morgan fingerprint density at radius 1 is 1.00 bits per heavy atom. The molecular weight excluding hydrogens is 344 g/mol. The van der Waals surface area contributed by atoms with Gasteiger partial charge in [-0.3, -0.25) is 19.3 Å². The van der Waals surface area contributed by atoms with E-state index >= 15 is 0 Å². The number of benzene rings is 1. The maximum Gasteiger partial charge on any atom is 0.251 e. The van der Waals surface area contributed by atoms with Gasteiger partial charge in [0.1, 0.15) is 0 Å². The van der Waals surface area contributed by atoms with Crippen LogP contribution < -0.4 is 10.6 Å². The molecule has 2 aliphatic rings. The number of nitrogens with zero attached hydrogens (tertiary/aromatic N) is 2. The van der Waals surface area contributed by atoms with Crippen molar-refractivity contribution in [2.24, 2.45) is 0 Å². The molecule has 146 valence electrons. The first-order chi connectivity index (χ1) is 12.9. The van der Waals surface area contributed by atoms with Crippen LogP contribution >= 0.6 is 0 Å². The average Bonchev–Trinajstić information content (AvgIpc) is 3.43. The summed E-state index contributed by atoms with van der Waals surface area (Å²) in [4.78, 5) is 40.3. The van der Waals surface area contributed by atoms with Crippen molar-refractivity contribution in [1.82, 2.24) is 20.4 Å². The smallest absolute Gasteiger partial charge is 0.251 e. The highest BCUT2D eigenvalue weighted by Gasteiger charge is 2.26. The molecule has 7 heteroatoms. The molecule has 1 aromatic rings. The molecule has 1 aliphatic heterocycles. The minimum absolute atomic E-state index is 0.00596. The fourth-order valence-electron chi connectivity index (χ4n) is 3.33. The lowest BCUT2D eigenvalue weighted by atomic mass is 10.1. The Balaban J connectivity index is 1.40. The first-order valence-corrected chi connectivity index (χ1v) is 9.57. The van der Waals surface area contributed by atoms with E-state index in [4.69, 9.17) is 0 Å². The summed E-state index contributed by atoms with van der Waals surface area (Å²) in [7, 11) is 0. The maximum absolute atomic E-state index is 12.4. The number of hydrogen-bond donors (Lipinski definition) is 2. The second-order valence-corrected chi connectivity index (χ2v) is 7.56. The molecule has 3 rings (SSSR count). The van der Waals surface area contributed by atoms with Gasteiger partial charge in [0, 0.05) is 37.8 Å². The van der Waals surface area contributed by atoms with Crippen molar-refractivity contribution in [3.8, 4) is 0 Å². The molecule has 0 unspecified atom stereocenters. The summed E-state index contributed by atoms with van der Waals surface area (Å²) in [5.41, 5.74) is 2.62. The van der Waals surface area contributed by atoms with Gasteiger partial charge in [0.15, 0.2) is 0 Å². The lowest BCUT2D eigenvalue weighted by Gasteiger charge is -2.34. The third-order valence-electron chi connectivity index (χ3n) is 4.92. The fraction of sp³-hybridized carbons (Fsp3) is 0.550.